The Balaban J connectivity index is 1.98. The summed E-state index contributed by atoms with van der Waals surface area (Å²) in [6, 6.07) is 6.60. The van der Waals surface area contributed by atoms with Gasteiger partial charge in [-0.3, -0.25) is 4.79 Å². The predicted molar refractivity (Wildman–Crippen MR) is 74.2 cm³/mol. The summed E-state index contributed by atoms with van der Waals surface area (Å²) in [7, 11) is 0. The van der Waals surface area contributed by atoms with Crippen molar-refractivity contribution < 1.29 is 4.79 Å². The first kappa shape index (κ1) is 11.6. The van der Waals surface area contributed by atoms with E-state index in [1.807, 2.05) is 5.38 Å². The van der Waals surface area contributed by atoms with Gasteiger partial charge in [-0.1, -0.05) is 12.1 Å². The first-order chi connectivity index (χ1) is 8.74. The highest BCUT2D eigenvalue weighted by molar-refractivity contribution is 7.13. The molecule has 3 rings (SSSR count). The average Bonchev–Trinajstić information content (AvgIpc) is 2.88. The highest BCUT2D eigenvalue weighted by Gasteiger charge is 2.12. The van der Waals surface area contributed by atoms with Crippen LogP contribution in [0.25, 0.3) is 10.6 Å². The van der Waals surface area contributed by atoms with Crippen molar-refractivity contribution in [1.29, 1.82) is 0 Å². The molecule has 0 bridgehead atoms. The van der Waals surface area contributed by atoms with Crippen LogP contribution >= 0.6 is 11.3 Å². The third-order valence-corrected chi connectivity index (χ3v) is 4.35. The van der Waals surface area contributed by atoms with Crippen LogP contribution in [0, 0.1) is 0 Å². The number of thiazole rings is 1. The van der Waals surface area contributed by atoms with Gasteiger partial charge in [-0.15, -0.1) is 11.3 Å². The maximum absolute atomic E-state index is 11.3. The molecule has 0 saturated carbocycles. The van der Waals surface area contributed by atoms with Gasteiger partial charge >= 0.3 is 0 Å². The zero-order chi connectivity index (χ0) is 12.5. The molecule has 92 valence electrons. The van der Waals surface area contributed by atoms with Crippen LogP contribution in [-0.2, 0) is 12.8 Å². The summed E-state index contributed by atoms with van der Waals surface area (Å²) in [4.78, 5) is 15.7. The average molecular weight is 257 g/mol. The van der Waals surface area contributed by atoms with Gasteiger partial charge in [-0.2, -0.15) is 0 Å². The van der Waals surface area contributed by atoms with Crippen molar-refractivity contribution in [3.8, 4) is 10.6 Å². The molecule has 3 heteroatoms. The minimum Gasteiger partial charge on any atom is -0.293 e. The molecule has 1 aromatic heterocycles. The Bertz CT molecular complexity index is 600. The van der Waals surface area contributed by atoms with Crippen molar-refractivity contribution in [2.75, 3.05) is 0 Å². The van der Waals surface area contributed by atoms with Crippen molar-refractivity contribution in [3.63, 3.8) is 0 Å². The molecule has 2 nitrogen and oxygen atoms in total. The number of nitrogens with zero attached hydrogens (tertiary/aromatic N) is 1. The van der Waals surface area contributed by atoms with E-state index >= 15 is 0 Å². The summed E-state index contributed by atoms with van der Waals surface area (Å²) in [5.74, 6) is 0.0375. The van der Waals surface area contributed by atoms with E-state index in [4.69, 9.17) is 0 Å². The third-order valence-electron chi connectivity index (χ3n) is 3.46. The number of aryl methyl sites for hydroxylation is 2. The van der Waals surface area contributed by atoms with E-state index in [0.717, 1.165) is 10.6 Å². The highest BCUT2D eigenvalue weighted by atomic mass is 32.1. The maximum Gasteiger partial charge on any atom is 0.178 e. The Hall–Kier alpha value is -1.48. The number of benzene rings is 1. The summed E-state index contributed by atoms with van der Waals surface area (Å²) < 4.78 is 0. The number of Topliss-reactive ketones (excluding diaryl/α,β-unsaturated/α-hetero) is 1. The molecule has 1 aromatic carbocycles. The van der Waals surface area contributed by atoms with E-state index in [2.05, 4.69) is 23.2 Å². The number of rotatable bonds is 2. The van der Waals surface area contributed by atoms with Crippen LogP contribution in [0.1, 0.15) is 41.4 Å². The monoisotopic (exact) mass is 257 g/mol. The molecule has 1 aliphatic carbocycles. The third kappa shape index (κ3) is 2.10. The lowest BCUT2D eigenvalue weighted by Crippen LogP contribution is -2.02. The van der Waals surface area contributed by atoms with Gasteiger partial charge in [-0.05, 0) is 42.9 Å². The van der Waals surface area contributed by atoms with Gasteiger partial charge in [0.25, 0.3) is 0 Å². The first-order valence-corrected chi connectivity index (χ1v) is 7.20. The van der Waals surface area contributed by atoms with Gasteiger partial charge in [0.1, 0.15) is 10.7 Å². The van der Waals surface area contributed by atoms with Crippen molar-refractivity contribution in [2.45, 2.75) is 32.6 Å². The lowest BCUT2D eigenvalue weighted by Gasteiger charge is -2.15. The van der Waals surface area contributed by atoms with Gasteiger partial charge in [0, 0.05) is 17.9 Å². The van der Waals surface area contributed by atoms with E-state index in [-0.39, 0.29) is 5.78 Å². The molecule has 1 heterocycles. The molecule has 0 unspecified atom stereocenters. The number of hydrogen-bond donors (Lipinski definition) is 0. The molecule has 0 N–H and O–H groups in total. The number of fused-ring (bicyclic) bond motifs is 1. The van der Waals surface area contributed by atoms with Crippen molar-refractivity contribution in [3.05, 3.63) is 40.4 Å². The fourth-order valence-corrected chi connectivity index (χ4v) is 3.29. The van der Waals surface area contributed by atoms with Gasteiger partial charge in [-0.25, -0.2) is 4.98 Å². The molecule has 0 fully saturated rings. The minimum absolute atomic E-state index is 0.0375. The van der Waals surface area contributed by atoms with Crippen LogP contribution in [0.3, 0.4) is 0 Å². The second kappa shape index (κ2) is 4.65. The van der Waals surface area contributed by atoms with E-state index in [0.29, 0.717) is 5.69 Å². The van der Waals surface area contributed by atoms with Crippen LogP contribution in [-0.4, -0.2) is 10.8 Å². The van der Waals surface area contributed by atoms with Crippen molar-refractivity contribution in [1.82, 2.24) is 4.98 Å². The van der Waals surface area contributed by atoms with Crippen LogP contribution in [0.2, 0.25) is 0 Å². The fourth-order valence-electron chi connectivity index (χ4n) is 2.43. The second-order valence-electron chi connectivity index (χ2n) is 4.78. The maximum atomic E-state index is 11.3. The van der Waals surface area contributed by atoms with Gasteiger partial charge < -0.3 is 0 Å². The Morgan fingerprint density at radius 1 is 1.22 bits per heavy atom. The van der Waals surface area contributed by atoms with E-state index in [1.54, 1.807) is 18.3 Å². The second-order valence-corrected chi connectivity index (χ2v) is 5.64. The van der Waals surface area contributed by atoms with Gasteiger partial charge in [0.05, 0.1) is 0 Å². The molecule has 2 aromatic rings. The largest absolute Gasteiger partial charge is 0.293 e. The molecule has 0 radical (unpaired) electrons. The smallest absolute Gasteiger partial charge is 0.178 e. The molecule has 0 amide bonds. The highest BCUT2D eigenvalue weighted by Crippen LogP contribution is 2.29. The molecular weight excluding hydrogens is 242 g/mol. The lowest BCUT2D eigenvalue weighted by molar-refractivity contribution is 0.101. The minimum atomic E-state index is 0.0375. The van der Waals surface area contributed by atoms with Crippen LogP contribution in [0.5, 0.6) is 0 Å². The van der Waals surface area contributed by atoms with Gasteiger partial charge in [0.15, 0.2) is 5.78 Å². The van der Waals surface area contributed by atoms with Crippen LogP contribution in [0.15, 0.2) is 23.6 Å². The van der Waals surface area contributed by atoms with E-state index in [1.165, 1.54) is 36.8 Å². The number of carbonyl (C=O) groups excluding carboxylic acids is 1. The normalized spacial score (nSPS) is 14.3. The topological polar surface area (TPSA) is 30.0 Å². The van der Waals surface area contributed by atoms with Crippen LogP contribution < -0.4 is 0 Å². The number of ketones is 1. The predicted octanol–water partition coefficient (Wildman–Crippen LogP) is 3.89. The summed E-state index contributed by atoms with van der Waals surface area (Å²) in [5.41, 5.74) is 4.66. The summed E-state index contributed by atoms with van der Waals surface area (Å²) >= 11 is 1.55. The number of aromatic nitrogens is 1. The molecule has 0 atom stereocenters. The molecule has 0 saturated heterocycles. The Morgan fingerprint density at radius 3 is 2.72 bits per heavy atom. The SMILES string of the molecule is CC(=O)c1csc(-c2ccc3c(c2)CCCC3)n1. The zero-order valence-corrected chi connectivity index (χ0v) is 11.2. The van der Waals surface area contributed by atoms with E-state index in [9.17, 15) is 4.79 Å². The van der Waals surface area contributed by atoms with E-state index < -0.39 is 0 Å². The molecule has 1 aliphatic rings. The van der Waals surface area contributed by atoms with Crippen molar-refractivity contribution in [2.24, 2.45) is 0 Å². The van der Waals surface area contributed by atoms with Crippen molar-refractivity contribution >= 4 is 17.1 Å². The Labute approximate surface area is 111 Å². The quantitative estimate of drug-likeness (QED) is 0.764. The first-order valence-electron chi connectivity index (χ1n) is 6.32. The molecular formula is C15H15NOS. The molecule has 0 spiro atoms. The van der Waals surface area contributed by atoms with Crippen LogP contribution in [0.4, 0.5) is 0 Å². The zero-order valence-electron chi connectivity index (χ0n) is 10.4. The molecule has 0 aliphatic heterocycles. The molecule has 18 heavy (non-hydrogen) atoms. The standard InChI is InChI=1S/C15H15NOS/c1-10(17)14-9-18-15(16-14)13-7-6-11-4-2-3-5-12(11)8-13/h6-9H,2-5H2,1H3. The lowest BCUT2D eigenvalue weighted by atomic mass is 9.90. The Morgan fingerprint density at radius 2 is 2.00 bits per heavy atom. The summed E-state index contributed by atoms with van der Waals surface area (Å²) in [6.45, 7) is 1.56. The van der Waals surface area contributed by atoms with Gasteiger partial charge in [0.2, 0.25) is 0 Å². The fraction of sp³-hybridized carbons (Fsp3) is 0.333. The Kier molecular flexibility index (Phi) is 3.00. The summed E-state index contributed by atoms with van der Waals surface area (Å²) in [6.07, 6.45) is 4.96. The number of carbonyl (C=O) groups is 1. The number of hydrogen-bond acceptors (Lipinski definition) is 3. The summed E-state index contributed by atoms with van der Waals surface area (Å²) in [5, 5.41) is 2.80.